The number of aliphatic hydroxyl groups is 1. The predicted molar refractivity (Wildman–Crippen MR) is 74.2 cm³/mol. The number of hydrogen-bond acceptors (Lipinski definition) is 3. The fraction of sp³-hybridized carbons (Fsp3) is 0.600. The van der Waals surface area contributed by atoms with Gasteiger partial charge in [0, 0.05) is 25.3 Å². The van der Waals surface area contributed by atoms with E-state index in [4.69, 9.17) is 5.73 Å². The van der Waals surface area contributed by atoms with Gasteiger partial charge in [-0.1, -0.05) is 0 Å². The van der Waals surface area contributed by atoms with Crippen molar-refractivity contribution in [3.63, 3.8) is 0 Å². The van der Waals surface area contributed by atoms with E-state index in [-0.39, 0.29) is 12.6 Å². The zero-order chi connectivity index (χ0) is 14.5. The zero-order valence-electron chi connectivity index (χ0n) is 11.6. The van der Waals surface area contributed by atoms with Gasteiger partial charge in [0.2, 0.25) is 0 Å². The maximum absolute atomic E-state index is 13.1. The van der Waals surface area contributed by atoms with Crippen molar-refractivity contribution in [3.8, 4) is 0 Å². The molecule has 0 aromatic heterocycles. The first-order valence-corrected chi connectivity index (χ1v) is 7.13. The second-order valence-corrected chi connectivity index (χ2v) is 5.59. The molecule has 1 aromatic rings. The Morgan fingerprint density at radius 1 is 1.30 bits per heavy atom. The molecule has 0 radical (unpaired) electrons. The van der Waals surface area contributed by atoms with Gasteiger partial charge in [0.15, 0.2) is 0 Å². The zero-order valence-corrected chi connectivity index (χ0v) is 11.6. The molecule has 112 valence electrons. The lowest BCUT2D eigenvalue weighted by molar-refractivity contribution is 0.118. The van der Waals surface area contributed by atoms with Gasteiger partial charge in [-0.3, -0.25) is 0 Å². The molecule has 0 saturated carbocycles. The van der Waals surface area contributed by atoms with Crippen LogP contribution >= 0.6 is 0 Å². The first-order chi connectivity index (χ1) is 9.58. The molecular weight excluding hydrogens is 262 g/mol. The molecule has 1 aromatic carbocycles. The van der Waals surface area contributed by atoms with Gasteiger partial charge in [0.05, 0.1) is 0 Å². The van der Waals surface area contributed by atoms with Crippen molar-refractivity contribution in [1.82, 2.24) is 4.90 Å². The molecule has 1 saturated heterocycles. The topological polar surface area (TPSA) is 49.5 Å². The molecule has 0 aliphatic carbocycles. The molecule has 1 fully saturated rings. The van der Waals surface area contributed by atoms with Crippen molar-refractivity contribution >= 4 is 0 Å². The van der Waals surface area contributed by atoms with Crippen molar-refractivity contribution in [2.24, 2.45) is 11.7 Å². The molecule has 1 aliphatic rings. The normalized spacial score (nSPS) is 21.9. The molecular formula is C15H22F2N2O. The highest BCUT2D eigenvalue weighted by molar-refractivity contribution is 5.21. The highest BCUT2D eigenvalue weighted by Gasteiger charge is 2.19. The number of likely N-dealkylation sites (tertiary alicyclic amines) is 1. The molecule has 2 atom stereocenters. The molecule has 5 heteroatoms. The minimum absolute atomic E-state index is 0.220. The first kappa shape index (κ1) is 15.4. The number of piperidine rings is 1. The monoisotopic (exact) mass is 284 g/mol. The van der Waals surface area contributed by atoms with Crippen LogP contribution in [0.3, 0.4) is 0 Å². The van der Waals surface area contributed by atoms with E-state index in [9.17, 15) is 13.9 Å². The van der Waals surface area contributed by atoms with Crippen molar-refractivity contribution in [3.05, 3.63) is 35.4 Å². The summed E-state index contributed by atoms with van der Waals surface area (Å²) in [5, 5.41) is 9.19. The van der Waals surface area contributed by atoms with Crippen LogP contribution in [0.15, 0.2) is 18.2 Å². The molecule has 0 bridgehead atoms. The van der Waals surface area contributed by atoms with E-state index < -0.39 is 11.6 Å². The van der Waals surface area contributed by atoms with Crippen LogP contribution in [0.5, 0.6) is 0 Å². The van der Waals surface area contributed by atoms with E-state index in [1.807, 2.05) is 0 Å². The Morgan fingerprint density at radius 3 is 2.65 bits per heavy atom. The van der Waals surface area contributed by atoms with Crippen LogP contribution in [0.2, 0.25) is 0 Å². The number of halogens is 2. The van der Waals surface area contributed by atoms with Crippen LogP contribution in [0, 0.1) is 17.6 Å². The lowest BCUT2D eigenvalue weighted by Crippen LogP contribution is -2.38. The van der Waals surface area contributed by atoms with E-state index in [2.05, 4.69) is 4.90 Å². The summed E-state index contributed by atoms with van der Waals surface area (Å²) < 4.78 is 26.3. The Morgan fingerprint density at radius 2 is 2.00 bits per heavy atom. The summed E-state index contributed by atoms with van der Waals surface area (Å²) in [6, 6.07) is 3.07. The summed E-state index contributed by atoms with van der Waals surface area (Å²) in [7, 11) is 0. The minimum Gasteiger partial charge on any atom is -0.396 e. The predicted octanol–water partition coefficient (Wildman–Crippen LogP) is 2.06. The third kappa shape index (κ3) is 4.23. The molecule has 3 N–H and O–H groups in total. The van der Waals surface area contributed by atoms with Crippen LogP contribution in [-0.2, 0) is 0 Å². The number of nitrogens with zero attached hydrogens (tertiary/aromatic N) is 1. The van der Waals surface area contributed by atoms with Crippen LogP contribution in [-0.4, -0.2) is 36.2 Å². The van der Waals surface area contributed by atoms with Gasteiger partial charge in [0.25, 0.3) is 0 Å². The maximum Gasteiger partial charge on any atom is 0.126 e. The molecule has 2 unspecified atom stereocenters. The third-order valence-corrected chi connectivity index (χ3v) is 3.93. The Balaban J connectivity index is 1.86. The number of rotatable bonds is 5. The SMILES string of the molecule is NC(CCN1CCCC(CO)C1)c1cc(F)cc(F)c1. The average Bonchev–Trinajstić information content (AvgIpc) is 2.44. The summed E-state index contributed by atoms with van der Waals surface area (Å²) in [6.45, 7) is 2.88. The largest absolute Gasteiger partial charge is 0.396 e. The summed E-state index contributed by atoms with van der Waals surface area (Å²) in [6.07, 6.45) is 2.80. The van der Waals surface area contributed by atoms with Gasteiger partial charge in [0.1, 0.15) is 11.6 Å². The molecule has 0 amide bonds. The molecule has 0 spiro atoms. The second-order valence-electron chi connectivity index (χ2n) is 5.59. The standard InChI is InChI=1S/C15H22F2N2O/c16-13-6-12(7-14(17)8-13)15(18)3-5-19-4-1-2-11(9-19)10-20/h6-8,11,15,20H,1-5,9-10,18H2. The van der Waals surface area contributed by atoms with Crippen molar-refractivity contribution in [2.45, 2.75) is 25.3 Å². The van der Waals surface area contributed by atoms with E-state index in [1.54, 1.807) is 0 Å². The van der Waals surface area contributed by atoms with Gasteiger partial charge < -0.3 is 15.7 Å². The number of hydrogen-bond donors (Lipinski definition) is 2. The Kier molecular flexibility index (Phi) is 5.46. The van der Waals surface area contributed by atoms with Gasteiger partial charge in [-0.25, -0.2) is 8.78 Å². The third-order valence-electron chi connectivity index (χ3n) is 3.93. The molecule has 1 aliphatic heterocycles. The lowest BCUT2D eigenvalue weighted by Gasteiger charge is -2.32. The molecule has 1 heterocycles. The smallest absolute Gasteiger partial charge is 0.126 e. The summed E-state index contributed by atoms with van der Waals surface area (Å²) in [4.78, 5) is 2.26. The van der Waals surface area contributed by atoms with Crippen molar-refractivity contribution in [2.75, 3.05) is 26.2 Å². The maximum atomic E-state index is 13.1. The molecule has 20 heavy (non-hydrogen) atoms. The van der Waals surface area contributed by atoms with Gasteiger partial charge in [-0.05, 0) is 56.0 Å². The van der Waals surface area contributed by atoms with E-state index >= 15 is 0 Å². The van der Waals surface area contributed by atoms with Gasteiger partial charge >= 0.3 is 0 Å². The van der Waals surface area contributed by atoms with Gasteiger partial charge in [-0.15, -0.1) is 0 Å². The Bertz CT molecular complexity index is 422. The van der Waals surface area contributed by atoms with E-state index in [0.29, 0.717) is 17.9 Å². The van der Waals surface area contributed by atoms with Crippen molar-refractivity contribution < 1.29 is 13.9 Å². The minimum atomic E-state index is -0.589. The fourth-order valence-electron chi connectivity index (χ4n) is 2.78. The van der Waals surface area contributed by atoms with Gasteiger partial charge in [-0.2, -0.15) is 0 Å². The van der Waals surface area contributed by atoms with Crippen LogP contribution in [0.1, 0.15) is 30.9 Å². The van der Waals surface area contributed by atoms with Crippen molar-refractivity contribution in [1.29, 1.82) is 0 Å². The van der Waals surface area contributed by atoms with Crippen LogP contribution in [0.25, 0.3) is 0 Å². The number of aliphatic hydroxyl groups excluding tert-OH is 1. The van der Waals surface area contributed by atoms with Crippen LogP contribution in [0.4, 0.5) is 8.78 Å². The highest BCUT2D eigenvalue weighted by Crippen LogP contribution is 2.20. The average molecular weight is 284 g/mol. The van der Waals surface area contributed by atoms with E-state index in [0.717, 1.165) is 38.5 Å². The van der Waals surface area contributed by atoms with Crippen LogP contribution < -0.4 is 5.73 Å². The lowest BCUT2D eigenvalue weighted by atomic mass is 9.98. The summed E-state index contributed by atoms with van der Waals surface area (Å²) >= 11 is 0. The number of benzene rings is 1. The quantitative estimate of drug-likeness (QED) is 0.870. The highest BCUT2D eigenvalue weighted by atomic mass is 19.1. The number of nitrogens with two attached hydrogens (primary N) is 1. The first-order valence-electron chi connectivity index (χ1n) is 7.13. The summed E-state index contributed by atoms with van der Waals surface area (Å²) in [5.41, 5.74) is 6.51. The Labute approximate surface area is 118 Å². The molecule has 3 nitrogen and oxygen atoms in total. The van der Waals surface area contributed by atoms with E-state index in [1.165, 1.54) is 12.1 Å². The summed E-state index contributed by atoms with van der Waals surface area (Å²) in [5.74, 6) is -0.839. The molecule has 2 rings (SSSR count). The Hall–Kier alpha value is -1.04. The fourth-order valence-corrected chi connectivity index (χ4v) is 2.78. The second kappa shape index (κ2) is 7.11.